The van der Waals surface area contributed by atoms with Crippen LogP contribution >= 0.6 is 0 Å². The Hall–Kier alpha value is -2.36. The van der Waals surface area contributed by atoms with Crippen LogP contribution < -0.4 is 10.1 Å². The second-order valence-electron chi connectivity index (χ2n) is 6.72. The zero-order valence-corrected chi connectivity index (χ0v) is 14.5. The van der Waals surface area contributed by atoms with Crippen LogP contribution in [0.5, 0.6) is 5.75 Å². The molecule has 0 saturated heterocycles. The summed E-state index contributed by atoms with van der Waals surface area (Å²) < 4.78 is 18.2. The Morgan fingerprint density at radius 3 is 2.72 bits per heavy atom. The Labute approximate surface area is 148 Å². The number of halogens is 1. The lowest BCUT2D eigenvalue weighted by Gasteiger charge is -2.21. The normalized spacial score (nSPS) is 19.6. The van der Waals surface area contributed by atoms with E-state index >= 15 is 0 Å². The highest BCUT2D eigenvalue weighted by Crippen LogP contribution is 2.29. The number of hydrogen-bond acceptors (Lipinski definition) is 2. The number of benzene rings is 2. The van der Waals surface area contributed by atoms with E-state index in [1.54, 1.807) is 7.11 Å². The van der Waals surface area contributed by atoms with Crippen molar-refractivity contribution >= 4 is 5.91 Å². The standard InChI is InChI=1S/C21H24FNO2/c1-25-19-6-2-4-16(13-19)14-21(24)23-20-7-3-5-17(20)12-15-8-10-18(22)11-9-15/h2,4,6,8-11,13,17,20H,3,5,7,12,14H2,1H3,(H,23,24)/t17-,20-/m0/s1. The lowest BCUT2D eigenvalue weighted by molar-refractivity contribution is -0.121. The van der Waals surface area contributed by atoms with Gasteiger partial charge in [0.15, 0.2) is 0 Å². The Balaban J connectivity index is 1.56. The minimum absolute atomic E-state index is 0.0456. The second kappa shape index (κ2) is 8.15. The lowest BCUT2D eigenvalue weighted by Crippen LogP contribution is -2.38. The number of amides is 1. The molecule has 2 aromatic rings. The fraction of sp³-hybridized carbons (Fsp3) is 0.381. The molecule has 1 aliphatic rings. The lowest BCUT2D eigenvalue weighted by atomic mass is 9.94. The molecule has 1 fully saturated rings. The molecule has 0 heterocycles. The zero-order chi connectivity index (χ0) is 17.6. The van der Waals surface area contributed by atoms with E-state index < -0.39 is 0 Å². The van der Waals surface area contributed by atoms with Crippen LogP contribution in [0.25, 0.3) is 0 Å². The fourth-order valence-corrected chi connectivity index (χ4v) is 3.62. The molecule has 132 valence electrons. The number of methoxy groups -OCH3 is 1. The monoisotopic (exact) mass is 341 g/mol. The van der Waals surface area contributed by atoms with E-state index in [1.807, 2.05) is 36.4 Å². The number of rotatable bonds is 6. The molecule has 0 radical (unpaired) electrons. The minimum atomic E-state index is -0.210. The van der Waals surface area contributed by atoms with Crippen LogP contribution in [-0.4, -0.2) is 19.1 Å². The molecule has 1 saturated carbocycles. The summed E-state index contributed by atoms with van der Waals surface area (Å²) in [5.74, 6) is 1.02. The third-order valence-corrected chi connectivity index (χ3v) is 4.92. The van der Waals surface area contributed by atoms with Crippen LogP contribution in [0, 0.1) is 11.7 Å². The van der Waals surface area contributed by atoms with Crippen molar-refractivity contribution in [1.29, 1.82) is 0 Å². The Kier molecular flexibility index (Phi) is 5.69. The molecule has 25 heavy (non-hydrogen) atoms. The van der Waals surface area contributed by atoms with Gasteiger partial charge in [0.1, 0.15) is 11.6 Å². The Bertz CT molecular complexity index is 714. The van der Waals surface area contributed by atoms with E-state index in [2.05, 4.69) is 5.32 Å². The molecule has 0 unspecified atom stereocenters. The first kappa shape index (κ1) is 17.5. The van der Waals surface area contributed by atoms with Gasteiger partial charge in [0, 0.05) is 6.04 Å². The Morgan fingerprint density at radius 1 is 1.16 bits per heavy atom. The van der Waals surface area contributed by atoms with Gasteiger partial charge in [0.05, 0.1) is 13.5 Å². The van der Waals surface area contributed by atoms with Gasteiger partial charge in [-0.25, -0.2) is 4.39 Å². The summed E-state index contributed by atoms with van der Waals surface area (Å²) in [5, 5.41) is 3.19. The molecule has 0 bridgehead atoms. The van der Waals surface area contributed by atoms with Crippen LogP contribution in [-0.2, 0) is 17.6 Å². The van der Waals surface area contributed by atoms with Crippen LogP contribution in [0.3, 0.4) is 0 Å². The summed E-state index contributed by atoms with van der Waals surface area (Å²) in [6.07, 6.45) is 4.47. The first-order valence-electron chi connectivity index (χ1n) is 8.81. The average molecular weight is 341 g/mol. The minimum Gasteiger partial charge on any atom is -0.497 e. The molecule has 2 atom stereocenters. The van der Waals surface area contributed by atoms with Crippen molar-refractivity contribution in [3.8, 4) is 5.75 Å². The number of carbonyl (C=O) groups is 1. The molecule has 4 heteroatoms. The molecule has 3 rings (SSSR count). The van der Waals surface area contributed by atoms with Gasteiger partial charge >= 0.3 is 0 Å². The van der Waals surface area contributed by atoms with E-state index in [0.29, 0.717) is 12.3 Å². The summed E-state index contributed by atoms with van der Waals surface area (Å²) in [6.45, 7) is 0. The number of nitrogens with one attached hydrogen (secondary N) is 1. The van der Waals surface area contributed by atoms with Gasteiger partial charge in [0.25, 0.3) is 0 Å². The maximum atomic E-state index is 13.0. The summed E-state index contributed by atoms with van der Waals surface area (Å²) in [5.41, 5.74) is 2.07. The van der Waals surface area contributed by atoms with Crippen molar-refractivity contribution in [2.75, 3.05) is 7.11 Å². The molecule has 0 aliphatic heterocycles. The van der Waals surface area contributed by atoms with Crippen LogP contribution in [0.2, 0.25) is 0 Å². The zero-order valence-electron chi connectivity index (χ0n) is 14.5. The highest BCUT2D eigenvalue weighted by Gasteiger charge is 2.28. The van der Waals surface area contributed by atoms with Crippen LogP contribution in [0.4, 0.5) is 4.39 Å². The van der Waals surface area contributed by atoms with Crippen molar-refractivity contribution in [2.45, 2.75) is 38.1 Å². The number of hydrogen-bond donors (Lipinski definition) is 1. The van der Waals surface area contributed by atoms with E-state index in [1.165, 1.54) is 12.1 Å². The molecular formula is C21H24FNO2. The fourth-order valence-electron chi connectivity index (χ4n) is 3.62. The maximum Gasteiger partial charge on any atom is 0.224 e. The Morgan fingerprint density at radius 2 is 1.96 bits per heavy atom. The van der Waals surface area contributed by atoms with Gasteiger partial charge in [0.2, 0.25) is 5.91 Å². The first-order valence-corrected chi connectivity index (χ1v) is 8.81. The van der Waals surface area contributed by atoms with Crippen LogP contribution in [0.1, 0.15) is 30.4 Å². The predicted molar refractivity (Wildman–Crippen MR) is 96.1 cm³/mol. The van der Waals surface area contributed by atoms with Crippen molar-refractivity contribution in [3.05, 3.63) is 65.5 Å². The molecule has 1 aliphatic carbocycles. The van der Waals surface area contributed by atoms with Crippen molar-refractivity contribution < 1.29 is 13.9 Å². The molecule has 0 aromatic heterocycles. The van der Waals surface area contributed by atoms with Gasteiger partial charge in [-0.3, -0.25) is 4.79 Å². The molecule has 0 spiro atoms. The maximum absolute atomic E-state index is 13.0. The molecular weight excluding hydrogens is 317 g/mol. The van der Waals surface area contributed by atoms with E-state index in [-0.39, 0.29) is 17.8 Å². The van der Waals surface area contributed by atoms with Gasteiger partial charge in [-0.2, -0.15) is 0 Å². The molecule has 1 N–H and O–H groups in total. The SMILES string of the molecule is COc1cccc(CC(=O)N[C@H]2CCC[C@H]2Cc2ccc(F)cc2)c1. The smallest absolute Gasteiger partial charge is 0.224 e. The molecule has 2 aromatic carbocycles. The first-order chi connectivity index (χ1) is 12.1. The predicted octanol–water partition coefficient (Wildman–Crippen LogP) is 3.90. The van der Waals surface area contributed by atoms with Crippen LogP contribution in [0.15, 0.2) is 48.5 Å². The quantitative estimate of drug-likeness (QED) is 0.865. The van der Waals surface area contributed by atoms with Gasteiger partial charge in [-0.15, -0.1) is 0 Å². The highest BCUT2D eigenvalue weighted by atomic mass is 19.1. The summed E-state index contributed by atoms with van der Waals surface area (Å²) in [4.78, 5) is 12.4. The van der Waals surface area contributed by atoms with Crippen molar-refractivity contribution in [3.63, 3.8) is 0 Å². The third-order valence-electron chi connectivity index (χ3n) is 4.92. The highest BCUT2D eigenvalue weighted by molar-refractivity contribution is 5.79. The van der Waals surface area contributed by atoms with E-state index in [4.69, 9.17) is 4.74 Å². The summed E-state index contributed by atoms with van der Waals surface area (Å²) >= 11 is 0. The van der Waals surface area contributed by atoms with E-state index in [0.717, 1.165) is 42.6 Å². The van der Waals surface area contributed by atoms with Gasteiger partial charge in [-0.1, -0.05) is 30.7 Å². The topological polar surface area (TPSA) is 38.3 Å². The third kappa shape index (κ3) is 4.81. The molecule has 3 nitrogen and oxygen atoms in total. The van der Waals surface area contributed by atoms with Crippen molar-refractivity contribution in [1.82, 2.24) is 5.32 Å². The second-order valence-corrected chi connectivity index (χ2v) is 6.72. The van der Waals surface area contributed by atoms with Gasteiger partial charge in [-0.05, 0) is 60.6 Å². The number of ether oxygens (including phenoxy) is 1. The van der Waals surface area contributed by atoms with E-state index in [9.17, 15) is 9.18 Å². The van der Waals surface area contributed by atoms with Gasteiger partial charge < -0.3 is 10.1 Å². The average Bonchev–Trinajstić information content (AvgIpc) is 3.03. The van der Waals surface area contributed by atoms with Crippen molar-refractivity contribution in [2.24, 2.45) is 5.92 Å². The number of carbonyl (C=O) groups excluding carboxylic acids is 1. The largest absolute Gasteiger partial charge is 0.497 e. The molecule has 1 amide bonds. The summed E-state index contributed by atoms with van der Waals surface area (Å²) in [7, 11) is 1.62. The summed E-state index contributed by atoms with van der Waals surface area (Å²) in [6, 6.07) is 14.5.